The van der Waals surface area contributed by atoms with Crippen LogP contribution in [0.5, 0.6) is 0 Å². The van der Waals surface area contributed by atoms with Crippen molar-refractivity contribution >= 4 is 0 Å². The molecule has 0 heteroatoms. The van der Waals surface area contributed by atoms with Crippen LogP contribution in [0.4, 0.5) is 0 Å². The number of hydrogen-bond donors (Lipinski definition) is 0. The molecular formula is C29H44. The zero-order valence-electron chi connectivity index (χ0n) is 20.5. The first-order valence-electron chi connectivity index (χ1n) is 11.1. The highest BCUT2D eigenvalue weighted by molar-refractivity contribution is 5.73. The molecule has 0 unspecified atom stereocenters. The quantitative estimate of drug-likeness (QED) is 0.444. The van der Waals surface area contributed by atoms with E-state index in [0.29, 0.717) is 5.92 Å². The summed E-state index contributed by atoms with van der Waals surface area (Å²) in [4.78, 5) is 0. The van der Waals surface area contributed by atoms with Crippen LogP contribution in [-0.2, 0) is 6.42 Å². The Balaban J connectivity index is 0.000000734. The SMILES string of the molecule is C=C/C=C\C.CCCC.Cc1ccc(-c2cccc(CC(C)C)c2C)c(C)c1C. The van der Waals surface area contributed by atoms with Crippen LogP contribution in [0.25, 0.3) is 11.1 Å². The van der Waals surface area contributed by atoms with Gasteiger partial charge in [0.15, 0.2) is 0 Å². The van der Waals surface area contributed by atoms with Gasteiger partial charge in [-0.1, -0.05) is 95.7 Å². The molecule has 0 spiro atoms. The maximum atomic E-state index is 3.46. The highest BCUT2D eigenvalue weighted by Gasteiger charge is 2.11. The van der Waals surface area contributed by atoms with Crippen molar-refractivity contribution in [3.63, 3.8) is 0 Å². The van der Waals surface area contributed by atoms with Gasteiger partial charge in [0, 0.05) is 0 Å². The normalized spacial score (nSPS) is 10.3. The van der Waals surface area contributed by atoms with Gasteiger partial charge in [-0.2, -0.15) is 0 Å². The van der Waals surface area contributed by atoms with Crippen molar-refractivity contribution in [2.45, 2.75) is 81.6 Å². The molecule has 0 fully saturated rings. The van der Waals surface area contributed by atoms with Crippen molar-refractivity contribution in [1.82, 2.24) is 0 Å². The Hall–Kier alpha value is -2.08. The van der Waals surface area contributed by atoms with Gasteiger partial charge in [-0.3, -0.25) is 0 Å². The molecule has 0 atom stereocenters. The lowest BCUT2D eigenvalue weighted by Crippen LogP contribution is -1.99. The van der Waals surface area contributed by atoms with Gasteiger partial charge in [-0.15, -0.1) is 0 Å². The maximum Gasteiger partial charge on any atom is -0.0149 e. The zero-order valence-corrected chi connectivity index (χ0v) is 20.5. The zero-order chi connectivity index (χ0) is 22.4. The molecule has 0 N–H and O–H groups in total. The minimum absolute atomic E-state index is 0.699. The lowest BCUT2D eigenvalue weighted by Gasteiger charge is -2.17. The van der Waals surface area contributed by atoms with Crippen molar-refractivity contribution in [3.05, 3.63) is 83.0 Å². The molecule has 0 amide bonds. The Morgan fingerprint density at radius 2 is 1.41 bits per heavy atom. The third-order valence-corrected chi connectivity index (χ3v) is 5.25. The number of unbranched alkanes of at least 4 members (excludes halogenated alkanes) is 1. The molecule has 29 heavy (non-hydrogen) atoms. The standard InChI is InChI=1S/C20H26.C5H8.C4H10/c1-13(2)12-18-8-7-9-19(17(18)6)20-11-10-14(3)15(4)16(20)5;1-3-5-4-2;1-3-4-2/h7-11,13H,12H2,1-6H3;3-5H,1H2,2H3;3-4H2,1-2H3/b;5-4-;. The Kier molecular flexibility index (Phi) is 13.8. The van der Waals surface area contributed by atoms with Crippen molar-refractivity contribution in [2.24, 2.45) is 5.92 Å². The van der Waals surface area contributed by atoms with E-state index in [4.69, 9.17) is 0 Å². The third kappa shape index (κ3) is 9.31. The van der Waals surface area contributed by atoms with Gasteiger partial charge in [0.1, 0.15) is 0 Å². The van der Waals surface area contributed by atoms with E-state index in [1.807, 2.05) is 19.1 Å². The topological polar surface area (TPSA) is 0 Å². The van der Waals surface area contributed by atoms with E-state index >= 15 is 0 Å². The summed E-state index contributed by atoms with van der Waals surface area (Å²) >= 11 is 0. The summed E-state index contributed by atoms with van der Waals surface area (Å²) in [5.41, 5.74) is 9.90. The summed E-state index contributed by atoms with van der Waals surface area (Å²) in [6, 6.07) is 11.3. The first kappa shape index (κ1) is 26.9. The molecule has 2 rings (SSSR count). The fraction of sp³-hybridized carbons (Fsp3) is 0.448. The average Bonchev–Trinajstić information content (AvgIpc) is 2.69. The van der Waals surface area contributed by atoms with Crippen molar-refractivity contribution in [3.8, 4) is 11.1 Å². The molecular weight excluding hydrogens is 348 g/mol. The van der Waals surface area contributed by atoms with Crippen molar-refractivity contribution in [1.29, 1.82) is 0 Å². The molecule has 0 saturated heterocycles. The largest absolute Gasteiger partial charge is 0.0991 e. The average molecular weight is 393 g/mol. The minimum atomic E-state index is 0.699. The van der Waals surface area contributed by atoms with Crippen molar-refractivity contribution < 1.29 is 0 Å². The molecule has 0 nitrogen and oxygen atoms in total. The first-order chi connectivity index (χ1) is 13.7. The molecule has 2 aromatic carbocycles. The van der Waals surface area contributed by atoms with Crippen LogP contribution in [0.3, 0.4) is 0 Å². The Labute approximate surface area is 181 Å². The lowest BCUT2D eigenvalue weighted by molar-refractivity contribution is 0.645. The molecule has 0 radical (unpaired) electrons. The van der Waals surface area contributed by atoms with Crippen LogP contribution < -0.4 is 0 Å². The van der Waals surface area contributed by atoms with Gasteiger partial charge in [-0.05, 0) is 85.9 Å². The van der Waals surface area contributed by atoms with E-state index in [1.54, 1.807) is 6.08 Å². The summed E-state index contributed by atoms with van der Waals surface area (Å²) < 4.78 is 0. The summed E-state index contributed by atoms with van der Waals surface area (Å²) in [6.45, 7) is 23.3. The predicted octanol–water partition coefficient (Wildman–Crippen LogP) is 9.34. The van der Waals surface area contributed by atoms with Gasteiger partial charge in [0.2, 0.25) is 0 Å². The van der Waals surface area contributed by atoms with Gasteiger partial charge in [-0.25, -0.2) is 0 Å². The van der Waals surface area contributed by atoms with E-state index in [1.165, 1.54) is 51.8 Å². The fourth-order valence-corrected chi connectivity index (χ4v) is 3.02. The van der Waals surface area contributed by atoms with Crippen LogP contribution in [0.15, 0.2) is 55.1 Å². The van der Waals surface area contributed by atoms with Crippen LogP contribution >= 0.6 is 0 Å². The molecule has 0 aliphatic rings. The molecule has 2 aromatic rings. The second-order valence-corrected chi connectivity index (χ2v) is 8.13. The summed E-state index contributed by atoms with van der Waals surface area (Å²) in [5.74, 6) is 0.699. The molecule has 0 saturated carbocycles. The number of allylic oxidation sites excluding steroid dienone is 3. The summed E-state index contributed by atoms with van der Waals surface area (Å²) in [5, 5.41) is 0. The van der Waals surface area contributed by atoms with Gasteiger partial charge >= 0.3 is 0 Å². The smallest absolute Gasteiger partial charge is 0.0149 e. The molecule has 0 heterocycles. The number of benzene rings is 2. The van der Waals surface area contributed by atoms with Crippen molar-refractivity contribution in [2.75, 3.05) is 0 Å². The first-order valence-corrected chi connectivity index (χ1v) is 11.1. The highest BCUT2D eigenvalue weighted by Crippen LogP contribution is 2.31. The van der Waals surface area contributed by atoms with Crippen LogP contribution in [0.2, 0.25) is 0 Å². The Bertz CT molecular complexity index is 758. The lowest BCUT2D eigenvalue weighted by atomic mass is 9.88. The van der Waals surface area contributed by atoms with Gasteiger partial charge < -0.3 is 0 Å². The van der Waals surface area contributed by atoms with E-state index < -0.39 is 0 Å². The second-order valence-electron chi connectivity index (χ2n) is 8.13. The third-order valence-electron chi connectivity index (χ3n) is 5.25. The van der Waals surface area contributed by atoms with Gasteiger partial charge in [0.05, 0.1) is 0 Å². The monoisotopic (exact) mass is 392 g/mol. The van der Waals surface area contributed by atoms with E-state index in [2.05, 4.69) is 92.3 Å². The minimum Gasteiger partial charge on any atom is -0.0991 e. The molecule has 160 valence electrons. The predicted molar refractivity (Wildman–Crippen MR) is 135 cm³/mol. The van der Waals surface area contributed by atoms with E-state index in [0.717, 1.165) is 6.42 Å². The molecule has 0 bridgehead atoms. The number of rotatable bonds is 5. The van der Waals surface area contributed by atoms with E-state index in [9.17, 15) is 0 Å². The number of hydrogen-bond acceptors (Lipinski definition) is 0. The van der Waals surface area contributed by atoms with Gasteiger partial charge in [0.25, 0.3) is 0 Å². The summed E-state index contributed by atoms with van der Waals surface area (Å²) in [6.07, 6.45) is 9.37. The molecule has 0 aliphatic carbocycles. The summed E-state index contributed by atoms with van der Waals surface area (Å²) in [7, 11) is 0. The van der Waals surface area contributed by atoms with Crippen LogP contribution in [0.1, 0.15) is 75.3 Å². The Morgan fingerprint density at radius 3 is 1.86 bits per heavy atom. The highest BCUT2D eigenvalue weighted by atomic mass is 14.2. The van der Waals surface area contributed by atoms with E-state index in [-0.39, 0.29) is 0 Å². The molecule has 0 aliphatic heterocycles. The second kappa shape index (κ2) is 14.9. The molecule has 0 aromatic heterocycles. The number of aryl methyl sites for hydroxylation is 1. The fourth-order valence-electron chi connectivity index (χ4n) is 3.02. The maximum absolute atomic E-state index is 3.46. The van der Waals surface area contributed by atoms with Crippen LogP contribution in [0, 0.1) is 33.6 Å². The van der Waals surface area contributed by atoms with Crippen LogP contribution in [-0.4, -0.2) is 0 Å². The Morgan fingerprint density at radius 1 is 0.828 bits per heavy atom.